The number of likely N-dealkylation sites (tertiary alicyclic amines) is 1. The average Bonchev–Trinajstić information content (AvgIpc) is 2.97. The van der Waals surface area contributed by atoms with Gasteiger partial charge in [-0.15, -0.1) is 0 Å². The van der Waals surface area contributed by atoms with Crippen molar-refractivity contribution in [2.24, 2.45) is 0 Å². The molecular formula is C18H28N2O2. The molecule has 22 heavy (non-hydrogen) atoms. The molecule has 2 fully saturated rings. The molecule has 0 aromatic carbocycles. The van der Waals surface area contributed by atoms with Gasteiger partial charge in [-0.2, -0.15) is 0 Å². The fraction of sp³-hybridized carbons (Fsp3) is 0.722. The molecule has 0 radical (unpaired) electrons. The summed E-state index contributed by atoms with van der Waals surface area (Å²) in [7, 11) is 0. The molecule has 2 heterocycles. The number of pyridine rings is 1. The molecule has 1 aliphatic heterocycles. The number of aromatic nitrogens is 1. The molecule has 1 saturated heterocycles. The Labute approximate surface area is 133 Å². The number of hydrogen-bond donors (Lipinski definition) is 2. The van der Waals surface area contributed by atoms with Crippen LogP contribution in [0.25, 0.3) is 0 Å². The summed E-state index contributed by atoms with van der Waals surface area (Å²) >= 11 is 0. The van der Waals surface area contributed by atoms with Gasteiger partial charge in [0.2, 0.25) is 0 Å². The summed E-state index contributed by atoms with van der Waals surface area (Å²) in [5, 5.41) is 20.8. The van der Waals surface area contributed by atoms with Crippen molar-refractivity contribution in [2.75, 3.05) is 19.6 Å². The van der Waals surface area contributed by atoms with Crippen molar-refractivity contribution in [1.82, 2.24) is 9.88 Å². The molecule has 1 aromatic heterocycles. The van der Waals surface area contributed by atoms with Crippen molar-refractivity contribution < 1.29 is 10.2 Å². The van der Waals surface area contributed by atoms with E-state index in [2.05, 4.69) is 22.0 Å². The van der Waals surface area contributed by atoms with Gasteiger partial charge in [0.25, 0.3) is 0 Å². The maximum Gasteiger partial charge on any atom is 0.0953 e. The molecular weight excluding hydrogens is 276 g/mol. The normalized spacial score (nSPS) is 24.5. The van der Waals surface area contributed by atoms with Crippen molar-refractivity contribution in [3.63, 3.8) is 0 Å². The predicted octanol–water partition coefficient (Wildman–Crippen LogP) is 2.24. The van der Waals surface area contributed by atoms with Gasteiger partial charge < -0.3 is 15.1 Å². The Balaban J connectivity index is 1.50. The summed E-state index contributed by atoms with van der Waals surface area (Å²) in [6.45, 7) is 4.61. The van der Waals surface area contributed by atoms with E-state index in [1.54, 1.807) is 0 Å². The summed E-state index contributed by atoms with van der Waals surface area (Å²) in [6.07, 6.45) is 7.19. The summed E-state index contributed by atoms with van der Waals surface area (Å²) in [4.78, 5) is 6.70. The number of piperidine rings is 1. The highest BCUT2D eigenvalue weighted by atomic mass is 16.3. The first-order valence-electron chi connectivity index (χ1n) is 8.62. The van der Waals surface area contributed by atoms with Crippen molar-refractivity contribution in [3.05, 3.63) is 29.6 Å². The van der Waals surface area contributed by atoms with Crippen LogP contribution in [0.15, 0.2) is 18.3 Å². The van der Waals surface area contributed by atoms with E-state index < -0.39 is 11.7 Å². The Kier molecular flexibility index (Phi) is 4.81. The first-order chi connectivity index (χ1) is 10.6. The third-order valence-electron chi connectivity index (χ3n) is 5.51. The molecule has 3 rings (SSSR count). The molecule has 1 saturated carbocycles. The van der Waals surface area contributed by atoms with Crippen LogP contribution in [-0.2, 0) is 0 Å². The van der Waals surface area contributed by atoms with E-state index in [9.17, 15) is 10.2 Å². The maximum absolute atomic E-state index is 10.5. The van der Waals surface area contributed by atoms with Gasteiger partial charge >= 0.3 is 0 Å². The zero-order valence-corrected chi connectivity index (χ0v) is 13.5. The maximum atomic E-state index is 10.5. The molecule has 2 aliphatic rings. The second kappa shape index (κ2) is 6.65. The van der Waals surface area contributed by atoms with E-state index in [1.807, 2.05) is 13.1 Å². The summed E-state index contributed by atoms with van der Waals surface area (Å²) < 4.78 is 0. The first-order valence-corrected chi connectivity index (χ1v) is 8.62. The second-order valence-corrected chi connectivity index (χ2v) is 7.13. The van der Waals surface area contributed by atoms with Crippen molar-refractivity contribution in [2.45, 2.75) is 63.1 Å². The summed E-state index contributed by atoms with van der Waals surface area (Å²) in [5.41, 5.74) is 1.56. The number of aryl methyl sites for hydroxylation is 1. The minimum Gasteiger partial charge on any atom is -0.389 e. The lowest BCUT2D eigenvalue weighted by Crippen LogP contribution is -2.48. The molecule has 0 amide bonds. The third-order valence-corrected chi connectivity index (χ3v) is 5.51. The van der Waals surface area contributed by atoms with Gasteiger partial charge in [-0.1, -0.05) is 18.9 Å². The number of rotatable bonds is 4. The third kappa shape index (κ3) is 3.50. The molecule has 2 N–H and O–H groups in total. The molecule has 1 aliphatic carbocycles. The van der Waals surface area contributed by atoms with Crippen molar-refractivity contribution >= 4 is 0 Å². The smallest absolute Gasteiger partial charge is 0.0953 e. The van der Waals surface area contributed by atoms with Gasteiger partial charge in [0.15, 0.2) is 0 Å². The molecule has 4 nitrogen and oxygen atoms in total. The van der Waals surface area contributed by atoms with Crippen LogP contribution in [0.2, 0.25) is 0 Å². The van der Waals surface area contributed by atoms with Gasteiger partial charge in [0, 0.05) is 18.4 Å². The van der Waals surface area contributed by atoms with E-state index in [1.165, 1.54) is 5.56 Å². The number of aliphatic hydroxyl groups is 2. The molecule has 1 atom stereocenters. The van der Waals surface area contributed by atoms with E-state index in [-0.39, 0.29) is 0 Å². The number of β-amino-alcohol motifs (C(OH)–C–C–N with tert-alkyl or cyclic N) is 1. The Morgan fingerprint density at radius 1 is 1.27 bits per heavy atom. The SMILES string of the molecule is Cc1ccc(C2CCN(CC(O)C3(O)CCCC3)CC2)cn1. The highest BCUT2D eigenvalue weighted by Gasteiger charge is 2.39. The minimum atomic E-state index is -0.836. The van der Waals surface area contributed by atoms with Gasteiger partial charge in [0.05, 0.1) is 11.7 Å². The van der Waals surface area contributed by atoms with Crippen LogP contribution in [0.4, 0.5) is 0 Å². The topological polar surface area (TPSA) is 56.6 Å². The Bertz CT molecular complexity index is 474. The highest BCUT2D eigenvalue weighted by molar-refractivity contribution is 5.18. The van der Waals surface area contributed by atoms with Gasteiger partial charge in [0.1, 0.15) is 0 Å². The fourth-order valence-electron chi connectivity index (χ4n) is 3.90. The molecule has 0 spiro atoms. The van der Waals surface area contributed by atoms with E-state index >= 15 is 0 Å². The first kappa shape index (κ1) is 15.9. The number of aliphatic hydroxyl groups excluding tert-OH is 1. The molecule has 1 unspecified atom stereocenters. The van der Waals surface area contributed by atoms with E-state index in [0.717, 1.165) is 57.3 Å². The molecule has 122 valence electrons. The quantitative estimate of drug-likeness (QED) is 0.896. The van der Waals surface area contributed by atoms with Crippen molar-refractivity contribution in [1.29, 1.82) is 0 Å². The van der Waals surface area contributed by atoms with Crippen molar-refractivity contribution in [3.8, 4) is 0 Å². The Hall–Kier alpha value is -0.970. The lowest BCUT2D eigenvalue weighted by molar-refractivity contribution is -0.0832. The zero-order chi connectivity index (χ0) is 15.6. The van der Waals surface area contributed by atoms with Gasteiger partial charge in [-0.05, 0) is 63.2 Å². The van der Waals surface area contributed by atoms with Gasteiger partial charge in [-0.25, -0.2) is 0 Å². The number of hydrogen-bond acceptors (Lipinski definition) is 4. The van der Waals surface area contributed by atoms with Crippen LogP contribution in [0.1, 0.15) is 55.7 Å². The van der Waals surface area contributed by atoms with Crippen LogP contribution in [0.5, 0.6) is 0 Å². The standard InChI is InChI=1S/C18H28N2O2/c1-14-4-5-16(12-19-14)15-6-10-20(11-7-15)13-17(21)18(22)8-2-3-9-18/h4-5,12,15,17,21-22H,2-3,6-11,13H2,1H3. The molecule has 0 bridgehead atoms. The van der Waals surface area contributed by atoms with Crippen LogP contribution in [0.3, 0.4) is 0 Å². The molecule has 1 aromatic rings. The van der Waals surface area contributed by atoms with Crippen LogP contribution in [-0.4, -0.2) is 51.4 Å². The van der Waals surface area contributed by atoms with Crippen LogP contribution in [0, 0.1) is 6.92 Å². The molecule has 4 heteroatoms. The predicted molar refractivity (Wildman–Crippen MR) is 86.8 cm³/mol. The number of nitrogens with zero attached hydrogens (tertiary/aromatic N) is 2. The summed E-state index contributed by atoms with van der Waals surface area (Å²) in [5.74, 6) is 0.580. The Morgan fingerprint density at radius 3 is 2.55 bits per heavy atom. The van der Waals surface area contributed by atoms with Crippen LogP contribution >= 0.6 is 0 Å². The average molecular weight is 304 g/mol. The highest BCUT2D eigenvalue weighted by Crippen LogP contribution is 2.34. The van der Waals surface area contributed by atoms with Crippen LogP contribution < -0.4 is 0 Å². The lowest BCUT2D eigenvalue weighted by atomic mass is 9.89. The largest absolute Gasteiger partial charge is 0.389 e. The lowest BCUT2D eigenvalue weighted by Gasteiger charge is -2.37. The fourth-order valence-corrected chi connectivity index (χ4v) is 3.90. The Morgan fingerprint density at radius 2 is 1.95 bits per heavy atom. The second-order valence-electron chi connectivity index (χ2n) is 7.13. The van der Waals surface area contributed by atoms with E-state index in [0.29, 0.717) is 12.5 Å². The summed E-state index contributed by atoms with van der Waals surface area (Å²) in [6, 6.07) is 4.28. The minimum absolute atomic E-state index is 0.580. The van der Waals surface area contributed by atoms with Gasteiger partial charge in [-0.3, -0.25) is 4.98 Å². The van der Waals surface area contributed by atoms with E-state index in [4.69, 9.17) is 0 Å². The zero-order valence-electron chi connectivity index (χ0n) is 13.5. The monoisotopic (exact) mass is 304 g/mol.